The summed E-state index contributed by atoms with van der Waals surface area (Å²) in [5, 5.41) is 0.660. The second kappa shape index (κ2) is 9.78. The number of halogens is 1. The minimum atomic E-state index is -3.87. The Labute approximate surface area is 183 Å². The van der Waals surface area contributed by atoms with Crippen LogP contribution in [-0.2, 0) is 26.3 Å². The van der Waals surface area contributed by atoms with Crippen LogP contribution in [0, 0.1) is 0 Å². The summed E-state index contributed by atoms with van der Waals surface area (Å²) in [5.41, 5.74) is 1.80. The first-order valence-corrected chi connectivity index (χ1v) is 11.5. The number of ether oxygens (including phenoxy) is 1. The van der Waals surface area contributed by atoms with Gasteiger partial charge in [-0.2, -0.15) is 17.0 Å². The van der Waals surface area contributed by atoms with Crippen molar-refractivity contribution in [2.24, 2.45) is 0 Å². The van der Waals surface area contributed by atoms with Gasteiger partial charge in [-0.25, -0.2) is 0 Å². The van der Waals surface area contributed by atoms with Crippen molar-refractivity contribution in [1.29, 1.82) is 0 Å². The number of piperazine rings is 1. The predicted octanol–water partition coefficient (Wildman–Crippen LogP) is 2.77. The van der Waals surface area contributed by atoms with Crippen molar-refractivity contribution in [3.05, 3.63) is 65.2 Å². The van der Waals surface area contributed by atoms with Gasteiger partial charge in [-0.15, -0.1) is 0 Å². The van der Waals surface area contributed by atoms with E-state index in [4.69, 9.17) is 16.3 Å². The molecule has 0 bridgehead atoms. The molecule has 0 amide bonds. The Morgan fingerprint density at radius 1 is 1.07 bits per heavy atom. The molecule has 1 fully saturated rings. The van der Waals surface area contributed by atoms with Gasteiger partial charge in [-0.05, 0) is 36.8 Å². The number of hydrogen-bond donors (Lipinski definition) is 0. The van der Waals surface area contributed by atoms with E-state index >= 15 is 0 Å². The van der Waals surface area contributed by atoms with Crippen molar-refractivity contribution in [1.82, 2.24) is 8.61 Å². The van der Waals surface area contributed by atoms with E-state index in [1.165, 1.54) is 15.7 Å². The van der Waals surface area contributed by atoms with Gasteiger partial charge in [0, 0.05) is 43.4 Å². The number of hydrogen-bond acceptors (Lipinski definition) is 5. The van der Waals surface area contributed by atoms with Crippen molar-refractivity contribution in [2.75, 3.05) is 38.2 Å². The van der Waals surface area contributed by atoms with Crippen LogP contribution in [0.15, 0.2) is 54.6 Å². The van der Waals surface area contributed by atoms with E-state index in [-0.39, 0.29) is 6.54 Å². The van der Waals surface area contributed by atoms with Crippen molar-refractivity contribution < 1.29 is 17.9 Å². The highest BCUT2D eigenvalue weighted by Crippen LogP contribution is 2.23. The molecular formula is C21H26ClN3O4S. The minimum Gasteiger partial charge on any atom is -0.468 e. The highest BCUT2D eigenvalue weighted by Gasteiger charge is 2.38. The maximum atomic E-state index is 13.4. The Hall–Kier alpha value is -2.13. The van der Waals surface area contributed by atoms with Crippen LogP contribution in [0.1, 0.15) is 12.5 Å². The molecule has 1 aliphatic heterocycles. The molecule has 2 aromatic rings. The molecule has 9 heteroatoms. The first kappa shape index (κ1) is 22.6. The van der Waals surface area contributed by atoms with E-state index in [1.807, 2.05) is 54.6 Å². The maximum Gasteiger partial charge on any atom is 0.323 e. The van der Waals surface area contributed by atoms with Gasteiger partial charge < -0.3 is 9.64 Å². The zero-order valence-electron chi connectivity index (χ0n) is 17.1. The van der Waals surface area contributed by atoms with Gasteiger partial charge in [0.1, 0.15) is 6.04 Å². The molecule has 0 aromatic heterocycles. The van der Waals surface area contributed by atoms with Crippen molar-refractivity contribution in [2.45, 2.75) is 19.5 Å². The molecule has 30 heavy (non-hydrogen) atoms. The van der Waals surface area contributed by atoms with Crippen molar-refractivity contribution in [3.63, 3.8) is 0 Å². The predicted molar refractivity (Wildman–Crippen MR) is 118 cm³/mol. The summed E-state index contributed by atoms with van der Waals surface area (Å²) in [6.07, 6.45) is 0. The van der Waals surface area contributed by atoms with Crippen LogP contribution in [0.2, 0.25) is 5.02 Å². The lowest BCUT2D eigenvalue weighted by Gasteiger charge is -2.38. The summed E-state index contributed by atoms with van der Waals surface area (Å²) >= 11 is 5.95. The van der Waals surface area contributed by atoms with Gasteiger partial charge >= 0.3 is 5.97 Å². The number of methoxy groups -OCH3 is 1. The van der Waals surface area contributed by atoms with Crippen LogP contribution in [0.4, 0.5) is 5.69 Å². The molecule has 3 rings (SSSR count). The summed E-state index contributed by atoms with van der Waals surface area (Å²) in [4.78, 5) is 14.3. The summed E-state index contributed by atoms with van der Waals surface area (Å²) in [7, 11) is -2.61. The SMILES string of the molecule is COC(=O)C(C)N(Cc1ccccc1)S(=O)(=O)N1CCN(c2ccc(Cl)cc2)CC1. The second-order valence-electron chi connectivity index (χ2n) is 7.10. The van der Waals surface area contributed by atoms with E-state index in [2.05, 4.69) is 4.90 Å². The van der Waals surface area contributed by atoms with Gasteiger partial charge in [0.15, 0.2) is 0 Å². The highest BCUT2D eigenvalue weighted by molar-refractivity contribution is 7.86. The first-order chi connectivity index (χ1) is 14.3. The lowest BCUT2D eigenvalue weighted by Crippen LogP contribution is -2.55. The van der Waals surface area contributed by atoms with Gasteiger partial charge in [0.05, 0.1) is 7.11 Å². The smallest absolute Gasteiger partial charge is 0.323 e. The molecule has 0 N–H and O–H groups in total. The fourth-order valence-corrected chi connectivity index (χ4v) is 5.29. The quantitative estimate of drug-likeness (QED) is 0.605. The average Bonchev–Trinajstić information content (AvgIpc) is 2.77. The molecule has 2 aromatic carbocycles. The Morgan fingerprint density at radius 3 is 2.23 bits per heavy atom. The summed E-state index contributed by atoms with van der Waals surface area (Å²) in [5.74, 6) is -0.589. The van der Waals surface area contributed by atoms with Crippen LogP contribution < -0.4 is 4.90 Å². The monoisotopic (exact) mass is 451 g/mol. The number of esters is 1. The molecule has 1 unspecified atom stereocenters. The van der Waals surface area contributed by atoms with Crippen LogP contribution in [0.25, 0.3) is 0 Å². The summed E-state index contributed by atoms with van der Waals surface area (Å²) < 4.78 is 34.4. The molecule has 1 saturated heterocycles. The molecule has 1 aliphatic rings. The normalized spacial score (nSPS) is 16.5. The van der Waals surface area contributed by atoms with Crippen molar-refractivity contribution >= 4 is 33.5 Å². The molecule has 162 valence electrons. The number of nitrogens with zero attached hydrogens (tertiary/aromatic N) is 3. The van der Waals surface area contributed by atoms with Gasteiger partial charge in [0.2, 0.25) is 0 Å². The molecule has 0 aliphatic carbocycles. The van der Waals surface area contributed by atoms with Crippen LogP contribution in [0.3, 0.4) is 0 Å². The largest absolute Gasteiger partial charge is 0.468 e. The number of carbonyl (C=O) groups is 1. The molecule has 0 spiro atoms. The fourth-order valence-electron chi connectivity index (χ4n) is 3.45. The highest BCUT2D eigenvalue weighted by atomic mass is 35.5. The van der Waals surface area contributed by atoms with Gasteiger partial charge in [-0.3, -0.25) is 4.79 Å². The third kappa shape index (κ3) is 5.13. The lowest BCUT2D eigenvalue weighted by atomic mass is 10.2. The topological polar surface area (TPSA) is 70.2 Å². The van der Waals surface area contributed by atoms with E-state index in [0.717, 1.165) is 11.3 Å². The minimum absolute atomic E-state index is 0.0941. The fraction of sp³-hybridized carbons (Fsp3) is 0.381. The second-order valence-corrected chi connectivity index (χ2v) is 9.42. The van der Waals surface area contributed by atoms with Crippen LogP contribution in [0.5, 0.6) is 0 Å². The number of carbonyl (C=O) groups excluding carboxylic acids is 1. The van der Waals surface area contributed by atoms with Gasteiger partial charge in [-0.1, -0.05) is 41.9 Å². The molecule has 7 nitrogen and oxygen atoms in total. The third-order valence-electron chi connectivity index (χ3n) is 5.21. The van der Waals surface area contributed by atoms with E-state index in [9.17, 15) is 13.2 Å². The standard InChI is InChI=1S/C21H26ClN3O4S/c1-17(21(26)29-2)25(16-18-6-4-3-5-7-18)30(27,28)24-14-12-23(13-15-24)20-10-8-19(22)9-11-20/h3-11,17H,12-16H2,1-2H3. The Kier molecular flexibility index (Phi) is 7.36. The zero-order valence-corrected chi connectivity index (χ0v) is 18.6. The van der Waals surface area contributed by atoms with Crippen molar-refractivity contribution in [3.8, 4) is 0 Å². The zero-order chi connectivity index (χ0) is 21.7. The molecule has 1 heterocycles. The Balaban J connectivity index is 1.77. The molecule has 0 saturated carbocycles. The van der Waals surface area contributed by atoms with Gasteiger partial charge in [0.25, 0.3) is 10.2 Å². The molecule has 1 atom stereocenters. The van der Waals surface area contributed by atoms with E-state index in [1.54, 1.807) is 6.92 Å². The Morgan fingerprint density at radius 2 is 1.67 bits per heavy atom. The summed E-state index contributed by atoms with van der Waals surface area (Å²) in [6.45, 7) is 3.39. The summed E-state index contributed by atoms with van der Waals surface area (Å²) in [6, 6.07) is 15.8. The number of benzene rings is 2. The maximum absolute atomic E-state index is 13.4. The third-order valence-corrected chi connectivity index (χ3v) is 7.52. The van der Waals surface area contributed by atoms with Crippen LogP contribution >= 0.6 is 11.6 Å². The van der Waals surface area contributed by atoms with Crippen LogP contribution in [-0.4, -0.2) is 62.3 Å². The van der Waals surface area contributed by atoms with E-state index < -0.39 is 22.2 Å². The van der Waals surface area contributed by atoms with E-state index in [0.29, 0.717) is 31.2 Å². The Bertz CT molecular complexity index is 946. The average molecular weight is 452 g/mol. The lowest BCUT2D eigenvalue weighted by molar-refractivity contribution is -0.144. The number of rotatable bonds is 7. The first-order valence-electron chi connectivity index (χ1n) is 9.72. The molecular weight excluding hydrogens is 426 g/mol. The number of anilines is 1. The molecule has 0 radical (unpaired) electrons.